The second kappa shape index (κ2) is 7.57. The number of nitrogens with one attached hydrogen (secondary N) is 1. The molecule has 1 aromatic heterocycles. The summed E-state index contributed by atoms with van der Waals surface area (Å²) in [5.41, 5.74) is 2.35. The normalized spacial score (nSPS) is 14.4. The summed E-state index contributed by atoms with van der Waals surface area (Å²) in [7, 11) is 6.12. The zero-order valence-corrected chi connectivity index (χ0v) is 15.1. The molecular formula is C18H26N6O. The van der Waals surface area contributed by atoms with Crippen molar-refractivity contribution in [3.05, 3.63) is 42.1 Å². The maximum absolute atomic E-state index is 12.7. The van der Waals surface area contributed by atoms with Gasteiger partial charge in [-0.2, -0.15) is 5.10 Å². The maximum Gasteiger partial charge on any atom is 0.323 e. The third kappa shape index (κ3) is 4.30. The fourth-order valence-electron chi connectivity index (χ4n) is 2.91. The first-order chi connectivity index (χ1) is 12.0. The van der Waals surface area contributed by atoms with E-state index in [0.717, 1.165) is 25.2 Å². The third-order valence-electron chi connectivity index (χ3n) is 4.41. The van der Waals surface area contributed by atoms with Gasteiger partial charge in [-0.05, 0) is 25.7 Å². The lowest BCUT2D eigenvalue weighted by Gasteiger charge is -2.20. The number of nitrogens with zero attached hydrogens (tertiary/aromatic N) is 5. The maximum atomic E-state index is 12.7. The van der Waals surface area contributed by atoms with Crippen molar-refractivity contribution >= 4 is 17.5 Å². The van der Waals surface area contributed by atoms with E-state index in [-0.39, 0.29) is 6.03 Å². The summed E-state index contributed by atoms with van der Waals surface area (Å²) in [6.45, 7) is 3.79. The minimum absolute atomic E-state index is 0.108. The van der Waals surface area contributed by atoms with E-state index in [1.807, 2.05) is 48.1 Å². The molecule has 1 N–H and O–H groups in total. The van der Waals surface area contributed by atoms with E-state index in [1.54, 1.807) is 0 Å². The van der Waals surface area contributed by atoms with Gasteiger partial charge in [-0.25, -0.2) is 4.79 Å². The van der Waals surface area contributed by atoms with Crippen molar-refractivity contribution in [3.63, 3.8) is 0 Å². The van der Waals surface area contributed by atoms with Crippen LogP contribution in [0.3, 0.4) is 0 Å². The van der Waals surface area contributed by atoms with E-state index in [0.29, 0.717) is 18.9 Å². The molecule has 3 rings (SSSR count). The standard InChI is InChI=1S/C18H26N6O/c1-21(2)10-13-24-9-8-17(20-24)19-18(25)23-12-11-22(3)16-7-5-4-6-15(16)14-23/h4-9H,10-14H2,1-3H3,(H,19,20,25). The zero-order chi connectivity index (χ0) is 17.8. The van der Waals surface area contributed by atoms with E-state index in [1.165, 1.54) is 5.69 Å². The Bertz CT molecular complexity index is 726. The van der Waals surface area contributed by atoms with Gasteiger partial charge in [-0.3, -0.25) is 10.00 Å². The van der Waals surface area contributed by atoms with Crippen molar-refractivity contribution in [1.82, 2.24) is 19.6 Å². The largest absolute Gasteiger partial charge is 0.373 e. The second-order valence-electron chi connectivity index (χ2n) is 6.67. The number of hydrogen-bond acceptors (Lipinski definition) is 4. The molecule has 0 spiro atoms. The van der Waals surface area contributed by atoms with Crippen LogP contribution in [0.2, 0.25) is 0 Å². The van der Waals surface area contributed by atoms with Crippen LogP contribution in [-0.2, 0) is 13.1 Å². The highest BCUT2D eigenvalue weighted by atomic mass is 16.2. The molecule has 0 bridgehead atoms. The number of aromatic nitrogens is 2. The molecule has 2 heterocycles. The van der Waals surface area contributed by atoms with Crippen molar-refractivity contribution in [1.29, 1.82) is 0 Å². The number of likely N-dealkylation sites (N-methyl/N-ethyl adjacent to an activating group) is 2. The molecule has 0 saturated carbocycles. The average molecular weight is 342 g/mol. The number of fused-ring (bicyclic) bond motifs is 1. The number of urea groups is 1. The minimum atomic E-state index is -0.108. The average Bonchev–Trinajstić information content (AvgIpc) is 2.96. The third-order valence-corrected chi connectivity index (χ3v) is 4.41. The van der Waals surface area contributed by atoms with Crippen LogP contribution in [0, 0.1) is 0 Å². The van der Waals surface area contributed by atoms with Crippen LogP contribution in [0.5, 0.6) is 0 Å². The Morgan fingerprint density at radius 3 is 2.84 bits per heavy atom. The summed E-state index contributed by atoms with van der Waals surface area (Å²) in [6.07, 6.45) is 1.89. The molecule has 0 aliphatic carbocycles. The molecule has 2 amide bonds. The molecule has 0 atom stereocenters. The first-order valence-corrected chi connectivity index (χ1v) is 8.56. The molecule has 0 radical (unpaired) electrons. The lowest BCUT2D eigenvalue weighted by molar-refractivity contribution is 0.211. The Labute approximate surface area is 148 Å². The summed E-state index contributed by atoms with van der Waals surface area (Å²) >= 11 is 0. The van der Waals surface area contributed by atoms with Crippen LogP contribution in [0.4, 0.5) is 16.3 Å². The highest BCUT2D eigenvalue weighted by molar-refractivity contribution is 5.88. The van der Waals surface area contributed by atoms with Crippen LogP contribution >= 0.6 is 0 Å². The topological polar surface area (TPSA) is 56.6 Å². The number of hydrogen-bond donors (Lipinski definition) is 1. The van der Waals surface area contributed by atoms with Crippen LogP contribution in [0.25, 0.3) is 0 Å². The van der Waals surface area contributed by atoms with Gasteiger partial charge in [0, 0.05) is 51.2 Å². The Balaban J connectivity index is 1.64. The van der Waals surface area contributed by atoms with Gasteiger partial charge in [-0.15, -0.1) is 0 Å². The zero-order valence-electron chi connectivity index (χ0n) is 15.1. The van der Waals surface area contributed by atoms with Crippen LogP contribution in [-0.4, -0.2) is 66.4 Å². The molecule has 1 aromatic carbocycles. The number of anilines is 2. The first kappa shape index (κ1) is 17.3. The second-order valence-corrected chi connectivity index (χ2v) is 6.67. The fourth-order valence-corrected chi connectivity index (χ4v) is 2.91. The van der Waals surface area contributed by atoms with Crippen molar-refractivity contribution in [2.75, 3.05) is 51.0 Å². The predicted molar refractivity (Wildman–Crippen MR) is 99.9 cm³/mol. The van der Waals surface area contributed by atoms with Gasteiger partial charge in [0.05, 0.1) is 6.54 Å². The number of benzene rings is 1. The number of para-hydroxylation sites is 1. The van der Waals surface area contributed by atoms with Gasteiger partial charge < -0.3 is 14.7 Å². The summed E-state index contributed by atoms with van der Waals surface area (Å²) < 4.78 is 1.85. The Morgan fingerprint density at radius 1 is 1.24 bits per heavy atom. The number of carbonyl (C=O) groups excluding carboxylic acids is 1. The fraction of sp³-hybridized carbons (Fsp3) is 0.444. The van der Waals surface area contributed by atoms with E-state index >= 15 is 0 Å². The van der Waals surface area contributed by atoms with Gasteiger partial charge in [0.1, 0.15) is 0 Å². The molecule has 0 unspecified atom stereocenters. The van der Waals surface area contributed by atoms with E-state index in [2.05, 4.69) is 39.4 Å². The molecular weight excluding hydrogens is 316 g/mol. The summed E-state index contributed by atoms with van der Waals surface area (Å²) in [5, 5.41) is 7.34. The molecule has 0 saturated heterocycles. The number of amides is 2. The van der Waals surface area contributed by atoms with Crippen LogP contribution in [0.15, 0.2) is 36.5 Å². The van der Waals surface area contributed by atoms with Gasteiger partial charge >= 0.3 is 6.03 Å². The minimum Gasteiger partial charge on any atom is -0.373 e. The van der Waals surface area contributed by atoms with Crippen LogP contribution in [0.1, 0.15) is 5.56 Å². The summed E-state index contributed by atoms with van der Waals surface area (Å²) in [5.74, 6) is 0.592. The highest BCUT2D eigenvalue weighted by Crippen LogP contribution is 2.23. The smallest absolute Gasteiger partial charge is 0.323 e. The summed E-state index contributed by atoms with van der Waals surface area (Å²) in [6, 6.07) is 9.96. The summed E-state index contributed by atoms with van der Waals surface area (Å²) in [4.78, 5) is 18.8. The molecule has 7 heteroatoms. The monoisotopic (exact) mass is 342 g/mol. The van der Waals surface area contributed by atoms with Crippen LogP contribution < -0.4 is 10.2 Å². The van der Waals surface area contributed by atoms with Crippen molar-refractivity contribution < 1.29 is 4.79 Å². The van der Waals surface area contributed by atoms with Gasteiger partial charge in [0.15, 0.2) is 5.82 Å². The molecule has 1 aliphatic rings. The lowest BCUT2D eigenvalue weighted by atomic mass is 10.1. The molecule has 2 aromatic rings. The molecule has 25 heavy (non-hydrogen) atoms. The predicted octanol–water partition coefficient (Wildman–Crippen LogP) is 1.93. The van der Waals surface area contributed by atoms with Crippen molar-refractivity contribution in [2.45, 2.75) is 13.1 Å². The Hall–Kier alpha value is -2.54. The number of rotatable bonds is 4. The number of carbonyl (C=O) groups is 1. The Kier molecular flexibility index (Phi) is 5.23. The van der Waals surface area contributed by atoms with Crippen molar-refractivity contribution in [3.8, 4) is 0 Å². The SMILES string of the molecule is CN(C)CCn1ccc(NC(=O)N2CCN(C)c3ccccc3C2)n1. The Morgan fingerprint density at radius 2 is 2.04 bits per heavy atom. The van der Waals surface area contributed by atoms with E-state index in [9.17, 15) is 4.79 Å². The lowest BCUT2D eigenvalue weighted by Crippen LogP contribution is -2.37. The van der Waals surface area contributed by atoms with Gasteiger partial charge in [-0.1, -0.05) is 18.2 Å². The molecule has 1 aliphatic heterocycles. The molecule has 134 valence electrons. The van der Waals surface area contributed by atoms with E-state index in [4.69, 9.17) is 0 Å². The molecule has 0 fully saturated rings. The van der Waals surface area contributed by atoms with Gasteiger partial charge in [0.2, 0.25) is 0 Å². The van der Waals surface area contributed by atoms with Gasteiger partial charge in [0.25, 0.3) is 0 Å². The quantitative estimate of drug-likeness (QED) is 0.922. The van der Waals surface area contributed by atoms with E-state index < -0.39 is 0 Å². The first-order valence-electron chi connectivity index (χ1n) is 8.56. The highest BCUT2D eigenvalue weighted by Gasteiger charge is 2.21. The van der Waals surface area contributed by atoms with Crippen molar-refractivity contribution in [2.24, 2.45) is 0 Å². The molecule has 7 nitrogen and oxygen atoms in total.